The lowest BCUT2D eigenvalue weighted by molar-refractivity contribution is -0.138. The molecule has 21 heteroatoms. The molecule has 2 aliphatic rings. The first-order valence-electron chi connectivity index (χ1n) is 18.4. The first-order valence-corrected chi connectivity index (χ1v) is 21.5. The van der Waals surface area contributed by atoms with Gasteiger partial charge in [-0.1, -0.05) is 92.8 Å². The molecule has 0 saturated carbocycles. The number of nitrogens with zero attached hydrogens (tertiary/aromatic N) is 4. The van der Waals surface area contributed by atoms with Crippen LogP contribution in [-0.4, -0.2) is 71.4 Å². The van der Waals surface area contributed by atoms with Crippen LogP contribution in [0, 0.1) is 0 Å². The van der Waals surface area contributed by atoms with E-state index in [1.54, 1.807) is 34.1 Å². The molecule has 6 rings (SSSR count). The second-order valence-electron chi connectivity index (χ2n) is 13.8. The largest absolute Gasteiger partial charge is 0.489 e. The molecule has 4 aromatic rings. The summed E-state index contributed by atoms with van der Waals surface area (Å²) >= 11 is 49.0. The number of halogens is 14. The zero-order valence-corrected chi connectivity index (χ0v) is 37.9. The van der Waals surface area contributed by atoms with E-state index in [1.807, 2.05) is 9.80 Å². The molecule has 0 aromatic heterocycles. The average Bonchev–Trinajstić information content (AvgIpc) is 3.19. The summed E-state index contributed by atoms with van der Waals surface area (Å²) in [6.45, 7) is 1.55. The van der Waals surface area contributed by atoms with Crippen LogP contribution in [0.1, 0.15) is 27.0 Å². The van der Waals surface area contributed by atoms with Crippen LogP contribution in [0.15, 0.2) is 81.8 Å². The number of ether oxygens (including phenoxy) is 2. The highest BCUT2D eigenvalue weighted by atomic mass is 35.5. The van der Waals surface area contributed by atoms with Crippen molar-refractivity contribution < 1.29 is 40.6 Å². The molecule has 4 aromatic carbocycles. The van der Waals surface area contributed by atoms with E-state index in [2.05, 4.69) is 0 Å². The average molecular weight is 1030 g/mol. The lowest BCUT2D eigenvalue weighted by Crippen LogP contribution is -2.47. The van der Waals surface area contributed by atoms with Gasteiger partial charge in [0.25, 0.3) is 0 Å². The van der Waals surface area contributed by atoms with Crippen molar-refractivity contribution in [2.75, 3.05) is 85.2 Å². The van der Waals surface area contributed by atoms with E-state index in [4.69, 9.17) is 102 Å². The SMILES string of the molecule is O=C(c1ccc(C(F)(F)F)cc1N1CCN(c2c(Cl)cc(OCC=C(Cl)Cl)cc2Cl)CC1)c1ccc(C(F)(F)F)cc1N1CCN(c2c(Cl)cc(OCC=C(Cl)Cl)cc2Cl)CC1. The maximum Gasteiger partial charge on any atom is 0.416 e. The fraction of sp³-hybridized carbons (Fsp3) is 0.293. The molecular formula is C41H32Cl8F6N4O3. The minimum absolute atomic E-state index is 0.0171. The lowest BCUT2D eigenvalue weighted by Gasteiger charge is -2.39. The van der Waals surface area contributed by atoms with Crippen molar-refractivity contribution in [2.24, 2.45) is 0 Å². The Kier molecular flexibility index (Phi) is 15.8. The second-order valence-corrected chi connectivity index (χ2v) is 17.5. The Bertz CT molecular complexity index is 2150. The van der Waals surface area contributed by atoms with E-state index in [0.29, 0.717) is 22.9 Å². The monoisotopic (exact) mass is 1020 g/mol. The Morgan fingerprint density at radius 3 is 1.11 bits per heavy atom. The molecule has 0 bridgehead atoms. The number of ketones is 1. The molecule has 0 atom stereocenters. The smallest absolute Gasteiger partial charge is 0.416 e. The number of piperazine rings is 2. The first-order chi connectivity index (χ1) is 29.2. The van der Waals surface area contributed by atoms with Crippen molar-refractivity contribution in [3.63, 3.8) is 0 Å². The van der Waals surface area contributed by atoms with Crippen LogP contribution in [0.4, 0.5) is 49.1 Å². The molecule has 2 aliphatic heterocycles. The summed E-state index contributed by atoms with van der Waals surface area (Å²) in [5.41, 5.74) is -1.39. The summed E-state index contributed by atoms with van der Waals surface area (Å²) < 4.78 is 96.1. The van der Waals surface area contributed by atoms with Crippen LogP contribution < -0.4 is 29.1 Å². The third kappa shape index (κ3) is 11.7. The highest BCUT2D eigenvalue weighted by Crippen LogP contribution is 2.42. The fourth-order valence-electron chi connectivity index (χ4n) is 7.07. The number of carbonyl (C=O) groups is 1. The van der Waals surface area contributed by atoms with E-state index < -0.39 is 29.3 Å². The van der Waals surface area contributed by atoms with E-state index in [1.165, 1.54) is 12.2 Å². The number of hydrogen-bond donors (Lipinski definition) is 0. The molecule has 7 nitrogen and oxygen atoms in total. The number of benzene rings is 4. The van der Waals surface area contributed by atoms with E-state index in [9.17, 15) is 31.1 Å². The van der Waals surface area contributed by atoms with Gasteiger partial charge in [-0.25, -0.2) is 0 Å². The predicted octanol–water partition coefficient (Wildman–Crippen LogP) is 13.6. The summed E-state index contributed by atoms with van der Waals surface area (Å²) in [5, 5.41) is 1.01. The van der Waals surface area contributed by atoms with Gasteiger partial charge in [0.1, 0.15) is 33.7 Å². The molecule has 0 aliphatic carbocycles. The molecule has 0 radical (unpaired) electrons. The van der Waals surface area contributed by atoms with Gasteiger partial charge in [0.05, 0.1) is 42.6 Å². The zero-order valence-electron chi connectivity index (χ0n) is 31.8. The number of alkyl halides is 6. The standard InChI is InChI=1S/C41H32Cl8F6N4O3/c42-29-19-25(61-15-5-35(46)47)20-30(43)37(29)58-11-7-56(8-12-58)33-17-23(40(50,51)52)1-3-27(33)39(60)28-4-2-24(41(53,54)55)18-34(28)57-9-13-59(14-10-57)38-31(44)21-26(22-32(38)45)62-16-6-36(48)49/h1-6,17-22H,7-16H2. The van der Waals surface area contributed by atoms with Crippen molar-refractivity contribution >= 4 is 121 Å². The number of hydrogen-bond acceptors (Lipinski definition) is 7. The van der Waals surface area contributed by atoms with Crippen LogP contribution in [-0.2, 0) is 12.4 Å². The van der Waals surface area contributed by atoms with Crippen LogP contribution in [0.3, 0.4) is 0 Å². The van der Waals surface area contributed by atoms with Gasteiger partial charge in [0.15, 0.2) is 5.78 Å². The van der Waals surface area contributed by atoms with Gasteiger partial charge in [-0.15, -0.1) is 0 Å². The zero-order chi connectivity index (χ0) is 45.1. The Morgan fingerprint density at radius 2 is 0.823 bits per heavy atom. The minimum Gasteiger partial charge on any atom is -0.489 e. The molecular weight excluding hydrogens is 994 g/mol. The number of rotatable bonds is 12. The van der Waals surface area contributed by atoms with Gasteiger partial charge in [-0.05, 0) is 48.6 Å². The van der Waals surface area contributed by atoms with Gasteiger partial charge < -0.3 is 29.1 Å². The van der Waals surface area contributed by atoms with Crippen LogP contribution in [0.5, 0.6) is 11.5 Å². The maximum atomic E-state index is 14.6. The molecule has 62 heavy (non-hydrogen) atoms. The molecule has 2 heterocycles. The third-order valence-corrected chi connectivity index (χ3v) is 11.7. The summed E-state index contributed by atoms with van der Waals surface area (Å²) in [4.78, 5) is 21.5. The summed E-state index contributed by atoms with van der Waals surface area (Å²) in [6.07, 6.45) is -6.67. The van der Waals surface area contributed by atoms with E-state index in [-0.39, 0.29) is 117 Å². The van der Waals surface area contributed by atoms with Gasteiger partial charge in [-0.2, -0.15) is 26.3 Å². The Labute approximate surface area is 392 Å². The molecule has 0 N–H and O–H groups in total. The van der Waals surface area contributed by atoms with Gasteiger partial charge in [-0.3, -0.25) is 4.79 Å². The maximum absolute atomic E-state index is 14.6. The molecule has 2 saturated heterocycles. The highest BCUT2D eigenvalue weighted by molar-refractivity contribution is 6.56. The lowest BCUT2D eigenvalue weighted by atomic mass is 9.95. The van der Waals surface area contributed by atoms with Crippen molar-refractivity contribution in [1.82, 2.24) is 0 Å². The summed E-state index contributed by atoms with van der Waals surface area (Å²) in [5.74, 6) is -0.0711. The van der Waals surface area contributed by atoms with Crippen LogP contribution in [0.25, 0.3) is 0 Å². The summed E-state index contributed by atoms with van der Waals surface area (Å²) in [6, 6.07) is 11.6. The van der Waals surface area contributed by atoms with Crippen molar-refractivity contribution in [3.8, 4) is 11.5 Å². The minimum atomic E-state index is -4.76. The Hall–Kier alpha value is -3.27. The van der Waals surface area contributed by atoms with Crippen LogP contribution in [0.2, 0.25) is 20.1 Å². The van der Waals surface area contributed by atoms with Gasteiger partial charge >= 0.3 is 12.4 Å². The Morgan fingerprint density at radius 1 is 0.516 bits per heavy atom. The molecule has 0 amide bonds. The first kappa shape index (κ1) is 48.2. The van der Waals surface area contributed by atoms with Crippen molar-refractivity contribution in [2.45, 2.75) is 12.4 Å². The van der Waals surface area contributed by atoms with Crippen LogP contribution >= 0.6 is 92.8 Å². The number of carbonyl (C=O) groups excluding carboxylic acids is 1. The highest BCUT2D eigenvalue weighted by Gasteiger charge is 2.36. The summed E-state index contributed by atoms with van der Waals surface area (Å²) in [7, 11) is 0. The molecule has 332 valence electrons. The molecule has 0 spiro atoms. The Balaban J connectivity index is 1.26. The van der Waals surface area contributed by atoms with E-state index >= 15 is 0 Å². The van der Waals surface area contributed by atoms with Crippen molar-refractivity contribution in [3.05, 3.63) is 124 Å². The van der Waals surface area contributed by atoms with Crippen molar-refractivity contribution in [1.29, 1.82) is 0 Å². The normalized spacial score (nSPS) is 14.8. The predicted molar refractivity (Wildman–Crippen MR) is 239 cm³/mol. The topological polar surface area (TPSA) is 48.5 Å². The van der Waals surface area contributed by atoms with Gasteiger partial charge in [0, 0.05) is 99.1 Å². The molecule has 2 fully saturated rings. The fourth-order valence-corrected chi connectivity index (χ4v) is 8.73. The number of anilines is 4. The quantitative estimate of drug-likeness (QED) is 0.103. The van der Waals surface area contributed by atoms with E-state index in [0.717, 1.165) is 36.4 Å². The molecule has 0 unspecified atom stereocenters. The second kappa shape index (κ2) is 20.3. The van der Waals surface area contributed by atoms with Gasteiger partial charge in [0.2, 0.25) is 0 Å². The third-order valence-electron chi connectivity index (χ3n) is 9.97.